The maximum atomic E-state index is 12.8. The fourth-order valence-corrected chi connectivity index (χ4v) is 1.99. The first-order valence-electron chi connectivity index (χ1n) is 6.47. The predicted octanol–water partition coefficient (Wildman–Crippen LogP) is 2.70. The second-order valence-electron chi connectivity index (χ2n) is 4.62. The van der Waals surface area contributed by atoms with Crippen LogP contribution >= 0.6 is 0 Å². The molecule has 0 aliphatic rings. The fourth-order valence-electron chi connectivity index (χ4n) is 1.99. The highest BCUT2D eigenvalue weighted by atomic mass is 19.1. The molecule has 3 rings (SSSR count). The zero-order chi connectivity index (χ0) is 14.7. The molecule has 0 spiro atoms. The van der Waals surface area contributed by atoms with Crippen LogP contribution in [0.3, 0.4) is 0 Å². The summed E-state index contributed by atoms with van der Waals surface area (Å²) in [6.45, 7) is 0.440. The van der Waals surface area contributed by atoms with Crippen molar-refractivity contribution in [2.24, 2.45) is 0 Å². The molecule has 0 bridgehead atoms. The molecule has 0 saturated heterocycles. The summed E-state index contributed by atoms with van der Waals surface area (Å²) in [5.74, 6) is -0.446. The van der Waals surface area contributed by atoms with Gasteiger partial charge in [0.2, 0.25) is 5.78 Å². The van der Waals surface area contributed by atoms with E-state index in [1.807, 2.05) is 6.07 Å². The van der Waals surface area contributed by atoms with Gasteiger partial charge in [-0.3, -0.25) is 4.79 Å². The minimum atomic E-state index is -0.280. The monoisotopic (exact) mass is 281 g/mol. The zero-order valence-electron chi connectivity index (χ0n) is 11.1. The van der Waals surface area contributed by atoms with E-state index >= 15 is 0 Å². The highest BCUT2D eigenvalue weighted by molar-refractivity contribution is 6.07. The molecule has 3 aromatic rings. The average molecular weight is 281 g/mol. The third-order valence-electron chi connectivity index (χ3n) is 3.07. The Balaban J connectivity index is 1.77. The molecule has 0 unspecified atom stereocenters. The third kappa shape index (κ3) is 3.02. The minimum Gasteiger partial charge on any atom is -0.287 e. The number of rotatable bonds is 4. The van der Waals surface area contributed by atoms with Gasteiger partial charge in [0.05, 0.1) is 12.7 Å². The molecular weight excluding hydrogens is 269 g/mol. The van der Waals surface area contributed by atoms with E-state index in [9.17, 15) is 9.18 Å². The van der Waals surface area contributed by atoms with Crippen molar-refractivity contribution in [1.82, 2.24) is 15.0 Å². The van der Waals surface area contributed by atoms with E-state index in [-0.39, 0.29) is 11.6 Å². The Hall–Kier alpha value is -2.82. The lowest BCUT2D eigenvalue weighted by atomic mass is 10.1. The van der Waals surface area contributed by atoms with E-state index in [1.54, 1.807) is 47.3 Å². The van der Waals surface area contributed by atoms with Crippen LogP contribution in [-0.2, 0) is 6.54 Å². The topological polar surface area (TPSA) is 47.8 Å². The molecule has 0 fully saturated rings. The van der Waals surface area contributed by atoms with Crippen molar-refractivity contribution in [2.75, 3.05) is 0 Å². The number of aromatic nitrogens is 3. The summed E-state index contributed by atoms with van der Waals surface area (Å²) in [4.78, 5) is 12.2. The Labute approximate surface area is 120 Å². The molecular formula is C16H12FN3O. The molecule has 0 N–H and O–H groups in total. The van der Waals surface area contributed by atoms with Crippen LogP contribution in [0.4, 0.5) is 4.39 Å². The molecule has 4 nitrogen and oxygen atoms in total. The lowest BCUT2D eigenvalue weighted by Gasteiger charge is -2.00. The first-order chi connectivity index (χ1) is 10.2. The first kappa shape index (κ1) is 13.2. The van der Waals surface area contributed by atoms with Crippen molar-refractivity contribution >= 4 is 5.78 Å². The maximum Gasteiger partial charge on any atom is 0.214 e. The molecule has 0 radical (unpaired) electrons. The summed E-state index contributed by atoms with van der Waals surface area (Å²) >= 11 is 0. The second-order valence-corrected chi connectivity index (χ2v) is 4.62. The van der Waals surface area contributed by atoms with Crippen LogP contribution < -0.4 is 0 Å². The molecule has 1 aromatic heterocycles. The largest absolute Gasteiger partial charge is 0.287 e. The summed E-state index contributed by atoms with van der Waals surface area (Å²) in [6, 6.07) is 15.1. The zero-order valence-corrected chi connectivity index (χ0v) is 11.1. The van der Waals surface area contributed by atoms with Crippen LogP contribution in [0.15, 0.2) is 60.8 Å². The van der Waals surface area contributed by atoms with E-state index in [2.05, 4.69) is 10.3 Å². The highest BCUT2D eigenvalue weighted by Crippen LogP contribution is 2.08. The molecule has 0 saturated carbocycles. The number of halogens is 1. The number of carbonyl (C=O) groups is 1. The van der Waals surface area contributed by atoms with Gasteiger partial charge in [0.25, 0.3) is 0 Å². The number of ketones is 1. The Morgan fingerprint density at radius 3 is 2.48 bits per heavy atom. The van der Waals surface area contributed by atoms with Gasteiger partial charge in [-0.1, -0.05) is 47.7 Å². The minimum absolute atomic E-state index is 0.166. The van der Waals surface area contributed by atoms with Crippen molar-refractivity contribution in [1.29, 1.82) is 0 Å². The van der Waals surface area contributed by atoms with Crippen molar-refractivity contribution in [3.8, 4) is 0 Å². The molecule has 0 atom stereocenters. The molecule has 0 aliphatic heterocycles. The molecule has 21 heavy (non-hydrogen) atoms. The van der Waals surface area contributed by atoms with Crippen LogP contribution in [0.2, 0.25) is 0 Å². The van der Waals surface area contributed by atoms with Crippen LogP contribution in [0, 0.1) is 5.82 Å². The van der Waals surface area contributed by atoms with Gasteiger partial charge in [-0.15, -0.1) is 5.10 Å². The van der Waals surface area contributed by atoms with Crippen LogP contribution in [0.25, 0.3) is 0 Å². The third-order valence-corrected chi connectivity index (χ3v) is 3.07. The highest BCUT2D eigenvalue weighted by Gasteiger charge is 2.12. The van der Waals surface area contributed by atoms with Crippen molar-refractivity contribution in [3.05, 3.63) is 83.4 Å². The van der Waals surface area contributed by atoms with E-state index in [4.69, 9.17) is 0 Å². The number of hydrogen-bond donors (Lipinski definition) is 0. The molecule has 0 amide bonds. The number of nitrogens with zero attached hydrogens (tertiary/aromatic N) is 3. The van der Waals surface area contributed by atoms with E-state index < -0.39 is 0 Å². The van der Waals surface area contributed by atoms with Gasteiger partial charge < -0.3 is 0 Å². The van der Waals surface area contributed by atoms with E-state index in [1.165, 1.54) is 12.1 Å². The number of hydrogen-bond acceptors (Lipinski definition) is 3. The Morgan fingerprint density at radius 1 is 1.05 bits per heavy atom. The molecule has 2 aromatic carbocycles. The molecule has 5 heteroatoms. The van der Waals surface area contributed by atoms with E-state index in [0.717, 1.165) is 5.56 Å². The SMILES string of the molecule is O=C(c1ccccc1)c1cn(Cc2ccc(F)cc2)nn1. The number of benzene rings is 2. The second kappa shape index (κ2) is 5.66. The van der Waals surface area contributed by atoms with Gasteiger partial charge >= 0.3 is 0 Å². The van der Waals surface area contributed by atoms with Gasteiger partial charge in [0, 0.05) is 5.56 Å². The summed E-state index contributed by atoms with van der Waals surface area (Å²) < 4.78 is 14.4. The average Bonchev–Trinajstić information content (AvgIpc) is 2.98. The summed E-state index contributed by atoms with van der Waals surface area (Å²) in [5.41, 5.74) is 1.76. The lowest BCUT2D eigenvalue weighted by Crippen LogP contribution is -2.02. The van der Waals surface area contributed by atoms with Crippen molar-refractivity contribution in [2.45, 2.75) is 6.54 Å². The van der Waals surface area contributed by atoms with Gasteiger partial charge in [0.1, 0.15) is 5.82 Å². The number of carbonyl (C=O) groups excluding carboxylic acids is 1. The van der Waals surface area contributed by atoms with Gasteiger partial charge in [0.15, 0.2) is 5.69 Å². The lowest BCUT2D eigenvalue weighted by molar-refractivity contribution is 0.103. The Morgan fingerprint density at radius 2 is 1.76 bits per heavy atom. The molecule has 104 valence electrons. The smallest absolute Gasteiger partial charge is 0.214 e. The van der Waals surface area contributed by atoms with Crippen LogP contribution in [0.1, 0.15) is 21.6 Å². The Bertz CT molecular complexity index is 751. The first-order valence-corrected chi connectivity index (χ1v) is 6.47. The van der Waals surface area contributed by atoms with Crippen LogP contribution in [0.5, 0.6) is 0 Å². The normalized spacial score (nSPS) is 10.5. The van der Waals surface area contributed by atoms with Gasteiger partial charge in [-0.05, 0) is 17.7 Å². The summed E-state index contributed by atoms with van der Waals surface area (Å²) in [5, 5.41) is 7.83. The summed E-state index contributed by atoms with van der Waals surface area (Å²) in [7, 11) is 0. The van der Waals surface area contributed by atoms with Gasteiger partial charge in [-0.25, -0.2) is 9.07 Å². The van der Waals surface area contributed by atoms with Gasteiger partial charge in [-0.2, -0.15) is 0 Å². The molecule has 0 aliphatic carbocycles. The molecule has 1 heterocycles. The predicted molar refractivity (Wildman–Crippen MR) is 75.4 cm³/mol. The summed E-state index contributed by atoms with van der Waals surface area (Å²) in [6.07, 6.45) is 1.60. The Kier molecular flexibility index (Phi) is 3.55. The van der Waals surface area contributed by atoms with Crippen molar-refractivity contribution in [3.63, 3.8) is 0 Å². The quantitative estimate of drug-likeness (QED) is 0.691. The fraction of sp³-hybridized carbons (Fsp3) is 0.0625. The van der Waals surface area contributed by atoms with E-state index in [0.29, 0.717) is 17.8 Å². The standard InChI is InChI=1S/C16H12FN3O/c17-14-8-6-12(7-9-14)10-20-11-15(18-19-20)16(21)13-4-2-1-3-5-13/h1-9,11H,10H2. The van der Waals surface area contributed by atoms with Crippen molar-refractivity contribution < 1.29 is 9.18 Å². The maximum absolute atomic E-state index is 12.8. The van der Waals surface area contributed by atoms with Crippen LogP contribution in [-0.4, -0.2) is 20.8 Å².